The van der Waals surface area contributed by atoms with Gasteiger partial charge < -0.3 is 10.6 Å². The van der Waals surface area contributed by atoms with E-state index in [1.165, 1.54) is 11.8 Å². The highest BCUT2D eigenvalue weighted by molar-refractivity contribution is 6.10. The number of nitrogens with zero attached hydrogens (tertiary/aromatic N) is 1. The minimum Gasteiger partial charge on any atom is -0.326 e. The number of rotatable bonds is 4. The van der Waals surface area contributed by atoms with Gasteiger partial charge in [-0.25, -0.2) is 0 Å². The SMILES string of the molecule is CC(=O)Nc1ccc(NC(=O)[C@H](C)N2C(=O)[C@@H]3[C@H]4C=C[C@@H]([C@@H]5C[C@@H]45)[C@H]3C2=O)cc1. The summed E-state index contributed by atoms with van der Waals surface area (Å²) < 4.78 is 0. The van der Waals surface area contributed by atoms with Gasteiger partial charge in [0.15, 0.2) is 0 Å². The molecule has 1 aromatic carbocycles. The predicted molar refractivity (Wildman–Crippen MR) is 105 cm³/mol. The Balaban J connectivity index is 1.30. The van der Waals surface area contributed by atoms with Crippen molar-refractivity contribution in [3.05, 3.63) is 36.4 Å². The molecule has 7 heteroatoms. The standard InChI is InChI=1S/C22H23N3O4/c1-10(20(27)24-13-5-3-12(4-6-13)23-11(2)26)25-21(28)18-14-7-8-15(17-9-16(14)17)19(18)22(25)29/h3-8,10,14-19H,9H2,1-2H3,(H,23,26)(H,24,27)/t10-,14-,15-,16-,17-,18+,19+/m0/s1. The van der Waals surface area contributed by atoms with Crippen LogP contribution < -0.4 is 10.6 Å². The molecule has 4 aliphatic carbocycles. The van der Waals surface area contributed by atoms with Gasteiger partial charge >= 0.3 is 0 Å². The van der Waals surface area contributed by atoms with Crippen molar-refractivity contribution in [3.63, 3.8) is 0 Å². The van der Waals surface area contributed by atoms with Crippen LogP contribution in [0.1, 0.15) is 20.3 Å². The van der Waals surface area contributed by atoms with Crippen molar-refractivity contribution in [1.82, 2.24) is 4.90 Å². The van der Waals surface area contributed by atoms with E-state index in [2.05, 4.69) is 22.8 Å². The smallest absolute Gasteiger partial charge is 0.247 e. The molecule has 0 spiro atoms. The lowest BCUT2D eigenvalue weighted by atomic mass is 9.63. The molecule has 2 bridgehead atoms. The van der Waals surface area contributed by atoms with Crippen molar-refractivity contribution in [2.75, 3.05) is 10.6 Å². The van der Waals surface area contributed by atoms with Gasteiger partial charge in [-0.15, -0.1) is 0 Å². The Morgan fingerprint density at radius 1 is 0.931 bits per heavy atom. The number of hydrogen-bond donors (Lipinski definition) is 2. The van der Waals surface area contributed by atoms with Gasteiger partial charge in [-0.05, 0) is 61.3 Å². The lowest BCUT2D eigenvalue weighted by molar-refractivity contribution is -0.146. The summed E-state index contributed by atoms with van der Waals surface area (Å²) >= 11 is 0. The zero-order valence-corrected chi connectivity index (χ0v) is 16.3. The third-order valence-electron chi connectivity index (χ3n) is 6.94. The molecule has 0 unspecified atom stereocenters. The summed E-state index contributed by atoms with van der Waals surface area (Å²) in [5, 5.41) is 5.42. The van der Waals surface area contributed by atoms with Crippen LogP contribution in [-0.2, 0) is 19.2 Å². The van der Waals surface area contributed by atoms with Crippen LogP contribution in [0.3, 0.4) is 0 Å². The lowest BCUT2D eigenvalue weighted by Gasteiger charge is -2.37. The molecule has 5 aliphatic rings. The highest BCUT2D eigenvalue weighted by Crippen LogP contribution is 2.65. The summed E-state index contributed by atoms with van der Waals surface area (Å²) in [6, 6.07) is 5.82. The molecule has 29 heavy (non-hydrogen) atoms. The topological polar surface area (TPSA) is 95.6 Å². The van der Waals surface area contributed by atoms with Gasteiger partial charge in [0, 0.05) is 18.3 Å². The number of allylic oxidation sites excluding steroid dienone is 2. The third-order valence-corrected chi connectivity index (χ3v) is 6.94. The Labute approximate surface area is 168 Å². The molecule has 7 nitrogen and oxygen atoms in total. The maximum absolute atomic E-state index is 13.1. The third kappa shape index (κ3) is 2.71. The van der Waals surface area contributed by atoms with E-state index in [-0.39, 0.29) is 41.4 Å². The quantitative estimate of drug-likeness (QED) is 0.604. The fraction of sp³-hybridized carbons (Fsp3) is 0.455. The van der Waals surface area contributed by atoms with E-state index < -0.39 is 11.9 Å². The second kappa shape index (κ2) is 6.27. The monoisotopic (exact) mass is 393 g/mol. The zero-order valence-electron chi connectivity index (χ0n) is 16.3. The number of carbonyl (C=O) groups is 4. The van der Waals surface area contributed by atoms with E-state index in [4.69, 9.17) is 0 Å². The van der Waals surface area contributed by atoms with Gasteiger partial charge in [0.2, 0.25) is 23.6 Å². The van der Waals surface area contributed by atoms with Crippen molar-refractivity contribution in [2.24, 2.45) is 35.5 Å². The number of benzene rings is 1. The van der Waals surface area contributed by atoms with Crippen LogP contribution in [0.4, 0.5) is 11.4 Å². The van der Waals surface area contributed by atoms with Crippen molar-refractivity contribution in [1.29, 1.82) is 0 Å². The molecular formula is C22H23N3O4. The van der Waals surface area contributed by atoms with Crippen molar-refractivity contribution in [3.8, 4) is 0 Å². The highest BCUT2D eigenvalue weighted by Gasteiger charge is 2.67. The van der Waals surface area contributed by atoms with Crippen LogP contribution in [0.2, 0.25) is 0 Å². The first kappa shape index (κ1) is 18.1. The summed E-state index contributed by atoms with van der Waals surface area (Å²) in [5.74, 6) is -0.208. The van der Waals surface area contributed by atoms with Gasteiger partial charge in [-0.3, -0.25) is 24.1 Å². The van der Waals surface area contributed by atoms with Crippen LogP contribution in [0, 0.1) is 35.5 Å². The van der Waals surface area contributed by atoms with Crippen LogP contribution >= 0.6 is 0 Å². The summed E-state index contributed by atoms with van der Waals surface area (Å²) in [6.07, 6.45) is 5.35. The maximum atomic E-state index is 13.1. The first-order valence-corrected chi connectivity index (χ1v) is 10.1. The van der Waals surface area contributed by atoms with Gasteiger partial charge in [0.05, 0.1) is 11.8 Å². The maximum Gasteiger partial charge on any atom is 0.247 e. The Morgan fingerprint density at radius 2 is 1.41 bits per heavy atom. The van der Waals surface area contributed by atoms with Crippen molar-refractivity contribution < 1.29 is 19.2 Å². The van der Waals surface area contributed by atoms with E-state index in [0.717, 1.165) is 6.42 Å². The molecule has 150 valence electrons. The van der Waals surface area contributed by atoms with Crippen LogP contribution in [0.15, 0.2) is 36.4 Å². The first-order chi connectivity index (χ1) is 13.9. The summed E-state index contributed by atoms with van der Waals surface area (Å²) in [6.45, 7) is 3.02. The van der Waals surface area contributed by atoms with E-state index in [1.807, 2.05) is 0 Å². The van der Waals surface area contributed by atoms with Crippen molar-refractivity contribution in [2.45, 2.75) is 26.3 Å². The molecule has 0 aromatic heterocycles. The number of imide groups is 1. The fourth-order valence-corrected chi connectivity index (χ4v) is 5.57. The zero-order chi connectivity index (χ0) is 20.4. The number of hydrogen-bond acceptors (Lipinski definition) is 4. The average molecular weight is 393 g/mol. The van der Waals surface area contributed by atoms with Gasteiger partial charge in [0.25, 0.3) is 0 Å². The minimum absolute atomic E-state index is 0.146. The lowest BCUT2D eigenvalue weighted by Crippen LogP contribution is -2.46. The first-order valence-electron chi connectivity index (χ1n) is 10.1. The molecule has 1 aliphatic heterocycles. The molecule has 1 saturated heterocycles. The average Bonchev–Trinajstić information content (AvgIpc) is 3.46. The predicted octanol–water partition coefficient (Wildman–Crippen LogP) is 2.03. The van der Waals surface area contributed by atoms with E-state index >= 15 is 0 Å². The van der Waals surface area contributed by atoms with E-state index in [9.17, 15) is 19.2 Å². The largest absolute Gasteiger partial charge is 0.326 e. The Hall–Kier alpha value is -2.96. The number of anilines is 2. The summed E-state index contributed by atoms with van der Waals surface area (Å²) in [5.41, 5.74) is 1.16. The Kier molecular flexibility index (Phi) is 3.91. The molecule has 1 heterocycles. The second-order valence-electron chi connectivity index (χ2n) is 8.62. The van der Waals surface area contributed by atoms with Crippen molar-refractivity contribution >= 4 is 35.0 Å². The molecule has 7 atom stereocenters. The summed E-state index contributed by atoms with van der Waals surface area (Å²) in [7, 11) is 0. The van der Waals surface area contributed by atoms with Crippen LogP contribution in [-0.4, -0.2) is 34.6 Å². The summed E-state index contributed by atoms with van der Waals surface area (Å²) in [4.78, 5) is 51.3. The van der Waals surface area contributed by atoms with E-state index in [1.54, 1.807) is 31.2 Å². The Morgan fingerprint density at radius 3 is 1.90 bits per heavy atom. The van der Waals surface area contributed by atoms with Crippen LogP contribution in [0.5, 0.6) is 0 Å². The molecule has 4 amide bonds. The minimum atomic E-state index is -0.869. The molecule has 2 saturated carbocycles. The Bertz CT molecular complexity index is 917. The van der Waals surface area contributed by atoms with Gasteiger partial charge in [-0.1, -0.05) is 12.2 Å². The van der Waals surface area contributed by atoms with Gasteiger partial charge in [0.1, 0.15) is 6.04 Å². The molecule has 3 fully saturated rings. The van der Waals surface area contributed by atoms with E-state index in [0.29, 0.717) is 23.2 Å². The number of carbonyl (C=O) groups excluding carboxylic acids is 4. The highest BCUT2D eigenvalue weighted by atomic mass is 16.2. The molecule has 0 radical (unpaired) electrons. The number of amides is 4. The molecule has 2 N–H and O–H groups in total. The second-order valence-corrected chi connectivity index (χ2v) is 8.62. The normalized spacial score (nSPS) is 34.5. The molecular weight excluding hydrogens is 370 g/mol. The van der Waals surface area contributed by atoms with Crippen LogP contribution in [0.25, 0.3) is 0 Å². The van der Waals surface area contributed by atoms with Gasteiger partial charge in [-0.2, -0.15) is 0 Å². The number of likely N-dealkylation sites (tertiary alicyclic amines) is 1. The fourth-order valence-electron chi connectivity index (χ4n) is 5.57. The molecule has 6 rings (SSSR count). The number of nitrogens with one attached hydrogen (secondary N) is 2. The molecule has 1 aromatic rings.